The first-order valence-corrected chi connectivity index (χ1v) is 5.61. The summed E-state index contributed by atoms with van der Waals surface area (Å²) in [5.74, 6) is -0.805. The number of benzene rings is 2. The topological polar surface area (TPSA) is 56.8 Å². The Morgan fingerprint density at radius 1 is 1.00 bits per heavy atom. The van der Waals surface area contributed by atoms with E-state index in [1.807, 2.05) is 54.6 Å². The Kier molecular flexibility index (Phi) is 3.57. The van der Waals surface area contributed by atoms with E-state index in [-0.39, 0.29) is 0 Å². The number of fused-ring (bicyclic) bond motifs is 1. The molecule has 0 bridgehead atoms. The van der Waals surface area contributed by atoms with Crippen LogP contribution >= 0.6 is 0 Å². The van der Waals surface area contributed by atoms with E-state index in [0.717, 1.165) is 16.3 Å². The molecule has 0 aliphatic carbocycles. The highest BCUT2D eigenvalue weighted by atomic mass is 16.5. The quantitative estimate of drug-likeness (QED) is 0.822. The van der Waals surface area contributed by atoms with Crippen LogP contribution in [0.2, 0.25) is 0 Å². The van der Waals surface area contributed by atoms with Crippen LogP contribution in [0.4, 0.5) is 0 Å². The largest absolute Gasteiger partial charge is 0.374 e. The van der Waals surface area contributed by atoms with E-state index in [9.17, 15) is 0 Å². The van der Waals surface area contributed by atoms with E-state index in [4.69, 9.17) is 15.3 Å². The summed E-state index contributed by atoms with van der Waals surface area (Å²) < 4.78 is 5.34. The number of hydrogen-bond donors (Lipinski definition) is 0. The van der Waals surface area contributed by atoms with E-state index in [0.29, 0.717) is 0 Å². The third-order valence-corrected chi connectivity index (χ3v) is 2.96. The summed E-state index contributed by atoms with van der Waals surface area (Å²) in [6, 6.07) is 17.6. The van der Waals surface area contributed by atoms with Crippen molar-refractivity contribution in [1.82, 2.24) is 0 Å². The van der Waals surface area contributed by atoms with Crippen LogP contribution in [0.15, 0.2) is 42.5 Å². The smallest absolute Gasteiger partial charge is 0.163 e. The fourth-order valence-corrected chi connectivity index (χ4v) is 2.11. The summed E-state index contributed by atoms with van der Waals surface area (Å²) in [6.07, 6.45) is -0.522. The lowest BCUT2D eigenvalue weighted by atomic mass is 9.93. The van der Waals surface area contributed by atoms with Gasteiger partial charge in [0.15, 0.2) is 5.92 Å². The molecule has 2 aromatic rings. The highest BCUT2D eigenvalue weighted by Crippen LogP contribution is 2.30. The summed E-state index contributed by atoms with van der Waals surface area (Å²) in [4.78, 5) is 0. The van der Waals surface area contributed by atoms with Gasteiger partial charge in [0.2, 0.25) is 0 Å². The van der Waals surface area contributed by atoms with E-state index in [1.54, 1.807) is 0 Å². The van der Waals surface area contributed by atoms with Crippen molar-refractivity contribution in [1.29, 1.82) is 10.5 Å². The van der Waals surface area contributed by atoms with Gasteiger partial charge in [-0.1, -0.05) is 42.5 Å². The number of hydrogen-bond acceptors (Lipinski definition) is 3. The third kappa shape index (κ3) is 2.05. The van der Waals surface area contributed by atoms with Gasteiger partial charge < -0.3 is 4.74 Å². The normalized spacial score (nSPS) is 12.0. The molecule has 2 aromatic carbocycles. The zero-order valence-electron chi connectivity index (χ0n) is 10.00. The van der Waals surface area contributed by atoms with Gasteiger partial charge in [-0.05, 0) is 16.3 Å². The van der Waals surface area contributed by atoms with E-state index in [2.05, 4.69) is 0 Å². The molecular weight excluding hydrogens is 224 g/mol. The maximum absolute atomic E-state index is 9.01. The van der Waals surface area contributed by atoms with Crippen LogP contribution in [0.1, 0.15) is 11.7 Å². The second-order valence-corrected chi connectivity index (χ2v) is 3.96. The first-order valence-electron chi connectivity index (χ1n) is 5.61. The monoisotopic (exact) mass is 236 g/mol. The van der Waals surface area contributed by atoms with Crippen molar-refractivity contribution in [3.63, 3.8) is 0 Å². The zero-order valence-corrected chi connectivity index (χ0v) is 10.00. The molecule has 0 aliphatic rings. The molecule has 0 N–H and O–H groups in total. The number of ether oxygens (including phenoxy) is 1. The maximum atomic E-state index is 9.01. The molecule has 0 saturated heterocycles. The van der Waals surface area contributed by atoms with Crippen molar-refractivity contribution in [2.24, 2.45) is 5.92 Å². The molecule has 0 unspecified atom stereocenters. The van der Waals surface area contributed by atoms with E-state index < -0.39 is 12.0 Å². The lowest BCUT2D eigenvalue weighted by Gasteiger charge is -2.18. The Hall–Kier alpha value is -2.36. The molecule has 18 heavy (non-hydrogen) atoms. The zero-order chi connectivity index (χ0) is 13.0. The van der Waals surface area contributed by atoms with Crippen LogP contribution in [0.25, 0.3) is 10.8 Å². The molecule has 3 nitrogen and oxygen atoms in total. The summed E-state index contributed by atoms with van der Waals surface area (Å²) in [7, 11) is 1.52. The Morgan fingerprint density at radius 3 is 2.33 bits per heavy atom. The predicted molar refractivity (Wildman–Crippen MR) is 68.4 cm³/mol. The van der Waals surface area contributed by atoms with Gasteiger partial charge >= 0.3 is 0 Å². The molecule has 2 rings (SSSR count). The number of methoxy groups -OCH3 is 1. The van der Waals surface area contributed by atoms with Gasteiger partial charge in [-0.3, -0.25) is 0 Å². The molecular formula is C15H12N2O. The van der Waals surface area contributed by atoms with Crippen LogP contribution in [-0.4, -0.2) is 7.11 Å². The van der Waals surface area contributed by atoms with Crippen molar-refractivity contribution in [2.75, 3.05) is 7.11 Å². The van der Waals surface area contributed by atoms with Crippen LogP contribution in [-0.2, 0) is 4.74 Å². The average molecular weight is 236 g/mol. The minimum atomic E-state index is -0.805. The molecule has 88 valence electrons. The van der Waals surface area contributed by atoms with Gasteiger partial charge in [0.25, 0.3) is 0 Å². The summed E-state index contributed by atoms with van der Waals surface area (Å²) >= 11 is 0. The molecule has 0 aromatic heterocycles. The van der Waals surface area contributed by atoms with Gasteiger partial charge in [0, 0.05) is 7.11 Å². The molecule has 0 aliphatic heterocycles. The number of nitriles is 2. The van der Waals surface area contributed by atoms with Crippen LogP contribution in [0.5, 0.6) is 0 Å². The van der Waals surface area contributed by atoms with Crippen LogP contribution in [0, 0.1) is 28.6 Å². The second-order valence-electron chi connectivity index (χ2n) is 3.96. The Balaban J connectivity index is 2.60. The molecule has 0 saturated carbocycles. The molecule has 3 heteroatoms. The SMILES string of the molecule is CO[C@H](c1cccc2ccccc12)C(C#N)C#N. The van der Waals surface area contributed by atoms with Crippen molar-refractivity contribution in [2.45, 2.75) is 6.10 Å². The summed E-state index contributed by atoms with van der Waals surface area (Å²) in [6.45, 7) is 0. The van der Waals surface area contributed by atoms with Gasteiger partial charge in [-0.25, -0.2) is 0 Å². The summed E-state index contributed by atoms with van der Waals surface area (Å²) in [5, 5.41) is 20.1. The lowest BCUT2D eigenvalue weighted by molar-refractivity contribution is 0.0879. The van der Waals surface area contributed by atoms with Crippen molar-refractivity contribution in [3.05, 3.63) is 48.0 Å². The van der Waals surface area contributed by atoms with Gasteiger partial charge in [-0.15, -0.1) is 0 Å². The maximum Gasteiger partial charge on any atom is 0.163 e. The molecule has 0 radical (unpaired) electrons. The standard InChI is InChI=1S/C15H12N2O/c1-18-15(12(9-16)10-17)14-8-4-6-11-5-2-3-7-13(11)14/h2-8,12,15H,1H3/t15-/m0/s1. The average Bonchev–Trinajstić information content (AvgIpc) is 2.44. The minimum absolute atomic E-state index is 0.522. The van der Waals surface area contributed by atoms with Crippen molar-refractivity contribution >= 4 is 10.8 Å². The predicted octanol–water partition coefficient (Wildman–Crippen LogP) is 3.19. The second kappa shape index (κ2) is 5.31. The summed E-state index contributed by atoms with van der Waals surface area (Å²) in [5.41, 5.74) is 0.878. The fraction of sp³-hybridized carbons (Fsp3) is 0.200. The van der Waals surface area contributed by atoms with Gasteiger partial charge in [-0.2, -0.15) is 10.5 Å². The lowest BCUT2D eigenvalue weighted by Crippen LogP contribution is -2.12. The van der Waals surface area contributed by atoms with Crippen LogP contribution < -0.4 is 0 Å². The first-order chi connectivity index (χ1) is 8.81. The number of nitrogens with zero attached hydrogens (tertiary/aromatic N) is 2. The van der Waals surface area contributed by atoms with Gasteiger partial charge in [0.05, 0.1) is 12.1 Å². The fourth-order valence-electron chi connectivity index (χ4n) is 2.11. The Morgan fingerprint density at radius 2 is 1.67 bits per heavy atom. The van der Waals surface area contributed by atoms with E-state index >= 15 is 0 Å². The first kappa shape index (κ1) is 12.1. The Labute approximate surface area is 106 Å². The highest BCUT2D eigenvalue weighted by Gasteiger charge is 2.24. The Bertz CT molecular complexity index is 617. The molecule has 0 spiro atoms. The molecule has 0 fully saturated rings. The van der Waals surface area contributed by atoms with Crippen LogP contribution in [0.3, 0.4) is 0 Å². The van der Waals surface area contributed by atoms with Crippen molar-refractivity contribution < 1.29 is 4.74 Å². The van der Waals surface area contributed by atoms with Crippen molar-refractivity contribution in [3.8, 4) is 12.1 Å². The third-order valence-electron chi connectivity index (χ3n) is 2.96. The van der Waals surface area contributed by atoms with E-state index in [1.165, 1.54) is 7.11 Å². The highest BCUT2D eigenvalue weighted by molar-refractivity contribution is 5.86. The molecule has 0 amide bonds. The number of rotatable bonds is 3. The molecule has 0 heterocycles. The molecule has 1 atom stereocenters. The minimum Gasteiger partial charge on any atom is -0.374 e. The van der Waals surface area contributed by atoms with Gasteiger partial charge in [0.1, 0.15) is 6.10 Å².